The zero-order valence-electron chi connectivity index (χ0n) is 56.1. The molecule has 0 bridgehead atoms. The van der Waals surface area contributed by atoms with Crippen LogP contribution < -0.4 is 5.32 Å². The van der Waals surface area contributed by atoms with Gasteiger partial charge in [0.05, 0.1) is 25.4 Å². The van der Waals surface area contributed by atoms with E-state index in [1.165, 1.54) is 308 Å². The van der Waals surface area contributed by atoms with Gasteiger partial charge in [0.25, 0.3) is 0 Å². The van der Waals surface area contributed by atoms with Crippen molar-refractivity contribution in [2.24, 2.45) is 0 Å². The summed E-state index contributed by atoms with van der Waals surface area (Å²) >= 11 is 0. The molecule has 1 rings (SSSR count). The van der Waals surface area contributed by atoms with E-state index in [2.05, 4.69) is 55.6 Å². The molecule has 0 aromatic heterocycles. The van der Waals surface area contributed by atoms with Crippen LogP contribution in [0.15, 0.2) is 48.6 Å². The zero-order chi connectivity index (χ0) is 61.4. The van der Waals surface area contributed by atoms with Crippen LogP contribution >= 0.6 is 0 Å². The second-order valence-electron chi connectivity index (χ2n) is 26.1. The highest BCUT2D eigenvalue weighted by Crippen LogP contribution is 2.24. The van der Waals surface area contributed by atoms with Crippen LogP contribution in [0.1, 0.15) is 373 Å². The van der Waals surface area contributed by atoms with Gasteiger partial charge in [0, 0.05) is 6.42 Å². The Kier molecular flexibility index (Phi) is 62.2. The second kappa shape index (κ2) is 65.1. The van der Waals surface area contributed by atoms with E-state index in [9.17, 15) is 30.3 Å². The Labute approximate surface area is 526 Å². The lowest BCUT2D eigenvalue weighted by Gasteiger charge is -2.40. The van der Waals surface area contributed by atoms with Gasteiger partial charge in [-0.05, 0) is 64.2 Å². The van der Waals surface area contributed by atoms with Gasteiger partial charge in [-0.3, -0.25) is 4.79 Å². The maximum absolute atomic E-state index is 13.1. The fourth-order valence-electron chi connectivity index (χ4n) is 12.0. The monoisotopic (exact) mass is 1200 g/mol. The molecule has 1 fully saturated rings. The number of hydrogen-bond donors (Lipinski definition) is 6. The van der Waals surface area contributed by atoms with Gasteiger partial charge >= 0.3 is 0 Å². The molecule has 7 atom stereocenters. The highest BCUT2D eigenvalue weighted by atomic mass is 16.7. The second-order valence-corrected chi connectivity index (χ2v) is 26.1. The van der Waals surface area contributed by atoms with Crippen molar-refractivity contribution in [1.82, 2.24) is 5.32 Å². The smallest absolute Gasteiger partial charge is 0.220 e. The number of aliphatic hydroxyl groups excluding tert-OH is 5. The first-order valence-corrected chi connectivity index (χ1v) is 37.4. The molecule has 6 N–H and O–H groups in total. The number of carbonyl (C=O) groups excluding carboxylic acids is 1. The van der Waals surface area contributed by atoms with E-state index in [4.69, 9.17) is 9.47 Å². The summed E-state index contributed by atoms with van der Waals surface area (Å²) in [7, 11) is 0. The van der Waals surface area contributed by atoms with Gasteiger partial charge in [0.2, 0.25) is 5.91 Å². The number of amides is 1. The molecule has 1 saturated heterocycles. The molecule has 1 aliphatic heterocycles. The topological polar surface area (TPSA) is 149 Å². The molecule has 85 heavy (non-hydrogen) atoms. The van der Waals surface area contributed by atoms with E-state index in [1.54, 1.807) is 6.08 Å². The molecule has 1 aliphatic rings. The molecule has 0 aliphatic carbocycles. The van der Waals surface area contributed by atoms with Crippen LogP contribution in [-0.4, -0.2) is 87.5 Å². The van der Waals surface area contributed by atoms with Gasteiger partial charge in [-0.25, -0.2) is 0 Å². The normalized spacial score (nSPS) is 18.3. The minimum absolute atomic E-state index is 0.181. The highest BCUT2D eigenvalue weighted by Gasteiger charge is 2.44. The van der Waals surface area contributed by atoms with Gasteiger partial charge in [0.1, 0.15) is 24.4 Å². The molecule has 0 aromatic carbocycles. The lowest BCUT2D eigenvalue weighted by Crippen LogP contribution is -2.60. The number of hydrogen-bond acceptors (Lipinski definition) is 8. The van der Waals surface area contributed by atoms with E-state index in [-0.39, 0.29) is 12.5 Å². The first-order chi connectivity index (χ1) is 41.8. The maximum Gasteiger partial charge on any atom is 0.220 e. The first kappa shape index (κ1) is 81.2. The van der Waals surface area contributed by atoms with Crippen molar-refractivity contribution in [3.8, 4) is 0 Å². The lowest BCUT2D eigenvalue weighted by atomic mass is 9.99. The van der Waals surface area contributed by atoms with E-state index in [1.807, 2.05) is 6.08 Å². The van der Waals surface area contributed by atoms with Crippen LogP contribution in [-0.2, 0) is 14.3 Å². The molecule has 500 valence electrons. The van der Waals surface area contributed by atoms with Crippen molar-refractivity contribution in [3.05, 3.63) is 48.6 Å². The number of unbranched alkanes of at least 4 members (excludes halogenated alkanes) is 50. The molecular formula is C76H143NO8. The largest absolute Gasteiger partial charge is 0.394 e. The predicted octanol–water partition coefficient (Wildman–Crippen LogP) is 20.8. The average Bonchev–Trinajstić information content (AvgIpc) is 3.57. The summed E-state index contributed by atoms with van der Waals surface area (Å²) in [5, 5.41) is 54.8. The van der Waals surface area contributed by atoms with Gasteiger partial charge in [-0.1, -0.05) is 351 Å². The third-order valence-corrected chi connectivity index (χ3v) is 17.9. The van der Waals surface area contributed by atoms with E-state index in [0.29, 0.717) is 6.42 Å². The summed E-state index contributed by atoms with van der Waals surface area (Å²) in [5.41, 5.74) is 0. The fraction of sp³-hybridized carbons (Fsp3) is 0.882. The minimum Gasteiger partial charge on any atom is -0.394 e. The van der Waals surface area contributed by atoms with Crippen molar-refractivity contribution < 1.29 is 39.8 Å². The van der Waals surface area contributed by atoms with Crippen molar-refractivity contribution in [1.29, 1.82) is 0 Å². The van der Waals surface area contributed by atoms with Crippen LogP contribution in [0, 0.1) is 0 Å². The summed E-state index contributed by atoms with van der Waals surface area (Å²) in [4.78, 5) is 13.1. The van der Waals surface area contributed by atoms with Gasteiger partial charge < -0.3 is 40.3 Å². The molecule has 7 unspecified atom stereocenters. The number of carbonyl (C=O) groups is 1. The SMILES string of the molecule is CCCCCCCCCCCCCCC/C=C\C/C=C\CCCCCCCCCCCCCCCCCCCC(=O)NC(COC1OC(CO)C(O)C(O)C1O)C(O)/C=C/CC/C=C/CCCCCCCCCCCCCCCCCCCCC. The predicted molar refractivity (Wildman–Crippen MR) is 364 cm³/mol. The molecule has 9 nitrogen and oxygen atoms in total. The van der Waals surface area contributed by atoms with Crippen molar-refractivity contribution >= 4 is 5.91 Å². The quantitative estimate of drug-likeness (QED) is 0.0261. The maximum atomic E-state index is 13.1. The minimum atomic E-state index is -1.57. The Bertz CT molecular complexity index is 1480. The van der Waals surface area contributed by atoms with Crippen LogP contribution in [0.2, 0.25) is 0 Å². The van der Waals surface area contributed by atoms with Crippen molar-refractivity contribution in [3.63, 3.8) is 0 Å². The summed E-state index contributed by atoms with van der Waals surface area (Å²) in [5.74, 6) is -0.181. The average molecular weight is 1200 g/mol. The summed E-state index contributed by atoms with van der Waals surface area (Å²) in [6.07, 6.45) is 82.5. The third-order valence-electron chi connectivity index (χ3n) is 17.9. The van der Waals surface area contributed by atoms with Crippen LogP contribution in [0.5, 0.6) is 0 Å². The van der Waals surface area contributed by atoms with Crippen LogP contribution in [0.4, 0.5) is 0 Å². The molecule has 0 aromatic rings. The Hall–Kier alpha value is -1.85. The lowest BCUT2D eigenvalue weighted by molar-refractivity contribution is -0.302. The summed E-state index contributed by atoms with van der Waals surface area (Å²) in [6, 6.07) is -0.824. The molecule has 9 heteroatoms. The molecular weight excluding hydrogens is 1050 g/mol. The summed E-state index contributed by atoms with van der Waals surface area (Å²) < 4.78 is 11.3. The Morgan fingerprint density at radius 2 is 0.706 bits per heavy atom. The first-order valence-electron chi connectivity index (χ1n) is 37.4. The van der Waals surface area contributed by atoms with E-state index in [0.717, 1.165) is 44.9 Å². The Morgan fingerprint density at radius 3 is 1.06 bits per heavy atom. The van der Waals surface area contributed by atoms with Gasteiger partial charge in [-0.15, -0.1) is 0 Å². The van der Waals surface area contributed by atoms with E-state index < -0.39 is 49.5 Å². The summed E-state index contributed by atoms with van der Waals surface area (Å²) in [6.45, 7) is 3.82. The number of allylic oxidation sites excluding steroid dienone is 7. The number of ether oxygens (including phenoxy) is 2. The van der Waals surface area contributed by atoms with Crippen molar-refractivity contribution in [2.75, 3.05) is 13.2 Å². The molecule has 0 radical (unpaired) electrons. The van der Waals surface area contributed by atoms with Crippen molar-refractivity contribution in [2.45, 2.75) is 416 Å². The Morgan fingerprint density at radius 1 is 0.400 bits per heavy atom. The molecule has 0 saturated carbocycles. The third kappa shape index (κ3) is 53.7. The Balaban J connectivity index is 2.10. The van der Waals surface area contributed by atoms with E-state index >= 15 is 0 Å². The van der Waals surface area contributed by atoms with Gasteiger partial charge in [-0.2, -0.15) is 0 Å². The fourth-order valence-corrected chi connectivity index (χ4v) is 12.0. The number of rotatable bonds is 66. The standard InChI is InChI=1S/C76H143NO8/c1-3-5-7-9-11-13-15-17-19-21-23-25-27-29-30-31-32-33-34-35-36-37-38-39-40-42-44-46-48-50-52-54-56-58-60-62-64-66-72(80)77-69(68-84-76-75(83)74(82)73(81)71(67-78)85-76)70(79)65-63-61-59-57-55-53-51-49-47-45-43-41-28-26-24-22-20-18-16-14-12-10-8-6-4-2/h30-31,33-34,55,57,63,65,69-71,73-76,78-79,81-83H,3-29,32,35-54,56,58-62,64,66-68H2,1-2H3,(H,77,80)/b31-30-,34-33-,57-55+,65-63+. The molecule has 1 amide bonds. The molecule has 0 spiro atoms. The number of aliphatic hydroxyl groups is 5. The number of nitrogens with one attached hydrogen (secondary N) is 1. The highest BCUT2D eigenvalue weighted by molar-refractivity contribution is 5.76. The van der Waals surface area contributed by atoms with Gasteiger partial charge in [0.15, 0.2) is 6.29 Å². The zero-order valence-corrected chi connectivity index (χ0v) is 56.1. The van der Waals surface area contributed by atoms with Crippen LogP contribution in [0.3, 0.4) is 0 Å². The molecule has 1 heterocycles. The van der Waals surface area contributed by atoms with Crippen LogP contribution in [0.25, 0.3) is 0 Å².